The maximum atomic E-state index is 10.7. The molecule has 2 unspecified atom stereocenters. The number of thiol groups is 1. The number of hydrogen-bond donors (Lipinski definition) is 2. The Labute approximate surface area is 79.7 Å². The molecule has 72 valence electrons. The van der Waals surface area contributed by atoms with Crippen molar-refractivity contribution in [1.82, 2.24) is 4.90 Å². The van der Waals surface area contributed by atoms with Crippen molar-refractivity contribution in [2.24, 2.45) is 5.73 Å². The van der Waals surface area contributed by atoms with E-state index in [1.165, 1.54) is 0 Å². The molecular weight excluding hydrogens is 172 g/mol. The van der Waals surface area contributed by atoms with Gasteiger partial charge in [0, 0.05) is 18.6 Å². The van der Waals surface area contributed by atoms with Crippen LogP contribution in [-0.2, 0) is 0 Å². The second-order valence-electron chi connectivity index (χ2n) is 2.67. The summed E-state index contributed by atoms with van der Waals surface area (Å²) >= 11 is 3.72. The van der Waals surface area contributed by atoms with E-state index in [-0.39, 0.29) is 17.3 Å². The molecule has 0 bridgehead atoms. The first-order valence-corrected chi connectivity index (χ1v) is 4.83. The molecule has 1 aliphatic heterocycles. The monoisotopic (exact) mass is 190 g/mol. The van der Waals surface area contributed by atoms with Crippen LogP contribution in [0, 0.1) is 0 Å². The van der Waals surface area contributed by atoms with E-state index >= 15 is 0 Å². The van der Waals surface area contributed by atoms with Crippen LogP contribution in [0.1, 0.15) is 27.2 Å². The highest BCUT2D eigenvalue weighted by molar-refractivity contribution is 7.96. The molecule has 0 aromatic rings. The van der Waals surface area contributed by atoms with E-state index in [9.17, 15) is 4.79 Å². The predicted octanol–water partition coefficient (Wildman–Crippen LogP) is 1.48. The molecule has 1 rings (SSSR count). The van der Waals surface area contributed by atoms with Crippen LogP contribution in [-0.4, -0.2) is 28.8 Å². The van der Waals surface area contributed by atoms with Gasteiger partial charge >= 0.3 is 0 Å². The van der Waals surface area contributed by atoms with Gasteiger partial charge in [-0.05, 0) is 13.3 Å². The highest BCUT2D eigenvalue weighted by Crippen LogP contribution is 2.16. The first-order valence-electron chi connectivity index (χ1n) is 4.38. The summed E-state index contributed by atoms with van der Waals surface area (Å²) in [6.45, 7) is 6.70. The lowest BCUT2D eigenvalue weighted by Gasteiger charge is -2.20. The zero-order valence-electron chi connectivity index (χ0n) is 7.95. The molecule has 1 heterocycles. The van der Waals surface area contributed by atoms with E-state index in [0.29, 0.717) is 0 Å². The van der Waals surface area contributed by atoms with E-state index in [0.717, 1.165) is 13.0 Å². The molecule has 12 heavy (non-hydrogen) atoms. The molecule has 1 fully saturated rings. The lowest BCUT2D eigenvalue weighted by molar-refractivity contribution is 0.220. The van der Waals surface area contributed by atoms with Crippen molar-refractivity contribution in [3.8, 4) is 0 Å². The molecule has 1 amide bonds. The van der Waals surface area contributed by atoms with Gasteiger partial charge in [0.15, 0.2) is 0 Å². The van der Waals surface area contributed by atoms with Gasteiger partial charge in [0.2, 0.25) is 0 Å². The lowest BCUT2D eigenvalue weighted by atomic mass is 10.2. The van der Waals surface area contributed by atoms with Crippen LogP contribution in [0.5, 0.6) is 0 Å². The number of hydrogen-bond acceptors (Lipinski definition) is 2. The molecule has 3 nitrogen and oxygen atoms in total. The average molecular weight is 190 g/mol. The van der Waals surface area contributed by atoms with E-state index in [2.05, 4.69) is 12.6 Å². The molecule has 4 heteroatoms. The fraction of sp³-hybridized carbons (Fsp3) is 0.875. The van der Waals surface area contributed by atoms with Gasteiger partial charge < -0.3 is 10.6 Å². The molecule has 0 saturated carbocycles. The van der Waals surface area contributed by atoms with Crippen LogP contribution in [0.3, 0.4) is 0 Å². The normalized spacial score (nSPS) is 27.9. The summed E-state index contributed by atoms with van der Waals surface area (Å²) < 4.78 is 0. The standard InChI is InChI=1S/C6H12N2OS.C2H6/c1-4-5(7)2-3-8(4)6(9)10;1-2/h4-5H,2-3,7H2,1H3,(H,9,10);1-2H3. The molecule has 2 atom stereocenters. The number of nitrogens with two attached hydrogens (primary N) is 1. The Morgan fingerprint density at radius 3 is 2.25 bits per heavy atom. The summed E-state index contributed by atoms with van der Waals surface area (Å²) in [4.78, 5) is 12.4. The third-order valence-electron chi connectivity index (χ3n) is 2.06. The third-order valence-corrected chi connectivity index (χ3v) is 2.32. The van der Waals surface area contributed by atoms with Crippen LogP contribution >= 0.6 is 12.6 Å². The van der Waals surface area contributed by atoms with Gasteiger partial charge in [0.1, 0.15) is 0 Å². The van der Waals surface area contributed by atoms with E-state index in [1.807, 2.05) is 20.8 Å². The van der Waals surface area contributed by atoms with Crippen molar-refractivity contribution in [3.05, 3.63) is 0 Å². The fourth-order valence-electron chi connectivity index (χ4n) is 1.23. The van der Waals surface area contributed by atoms with Crippen molar-refractivity contribution < 1.29 is 4.79 Å². The quantitative estimate of drug-likeness (QED) is 0.568. The molecule has 1 saturated heterocycles. The predicted molar refractivity (Wildman–Crippen MR) is 54.5 cm³/mol. The summed E-state index contributed by atoms with van der Waals surface area (Å²) in [7, 11) is 0. The number of carbonyl (C=O) groups is 1. The highest BCUT2D eigenvalue weighted by Gasteiger charge is 2.29. The first-order chi connectivity index (χ1) is 5.63. The van der Waals surface area contributed by atoms with Gasteiger partial charge in [0.25, 0.3) is 5.24 Å². The molecule has 0 aromatic carbocycles. The maximum absolute atomic E-state index is 10.7. The second kappa shape index (κ2) is 5.43. The van der Waals surface area contributed by atoms with Crippen LogP contribution in [0.15, 0.2) is 0 Å². The van der Waals surface area contributed by atoms with Crippen LogP contribution in [0.4, 0.5) is 4.79 Å². The Hall–Kier alpha value is -0.220. The number of carbonyl (C=O) groups excluding carboxylic acids is 1. The Morgan fingerprint density at radius 2 is 2.08 bits per heavy atom. The smallest absolute Gasteiger partial charge is 0.278 e. The largest absolute Gasteiger partial charge is 0.329 e. The van der Waals surface area contributed by atoms with Crippen molar-refractivity contribution in [3.63, 3.8) is 0 Å². The molecule has 0 aliphatic carbocycles. The van der Waals surface area contributed by atoms with Crippen molar-refractivity contribution in [1.29, 1.82) is 0 Å². The lowest BCUT2D eigenvalue weighted by Crippen LogP contribution is -2.37. The van der Waals surface area contributed by atoms with Gasteiger partial charge in [-0.15, -0.1) is 0 Å². The molecule has 0 radical (unpaired) electrons. The third kappa shape index (κ3) is 2.68. The van der Waals surface area contributed by atoms with Crippen molar-refractivity contribution >= 4 is 17.9 Å². The Balaban J connectivity index is 0.000000561. The zero-order valence-corrected chi connectivity index (χ0v) is 8.84. The number of rotatable bonds is 0. The topological polar surface area (TPSA) is 46.3 Å². The van der Waals surface area contributed by atoms with Gasteiger partial charge in [-0.25, -0.2) is 0 Å². The average Bonchev–Trinajstić information content (AvgIpc) is 2.37. The molecule has 1 aliphatic rings. The molecular formula is C8H18N2OS. The summed E-state index contributed by atoms with van der Waals surface area (Å²) in [5.74, 6) is 0. The summed E-state index contributed by atoms with van der Waals surface area (Å²) in [6.07, 6.45) is 0.896. The van der Waals surface area contributed by atoms with Crippen molar-refractivity contribution in [2.45, 2.75) is 39.3 Å². The van der Waals surface area contributed by atoms with E-state index in [1.54, 1.807) is 4.90 Å². The summed E-state index contributed by atoms with van der Waals surface area (Å²) in [5, 5.41) is -0.166. The number of amides is 1. The van der Waals surface area contributed by atoms with Gasteiger partial charge in [-0.1, -0.05) is 26.5 Å². The van der Waals surface area contributed by atoms with Gasteiger partial charge in [-0.2, -0.15) is 0 Å². The Morgan fingerprint density at radius 1 is 1.58 bits per heavy atom. The zero-order chi connectivity index (χ0) is 9.72. The van der Waals surface area contributed by atoms with Crippen molar-refractivity contribution in [2.75, 3.05) is 6.54 Å². The number of likely N-dealkylation sites (tertiary alicyclic amines) is 1. The second-order valence-corrected chi connectivity index (χ2v) is 3.05. The number of nitrogens with zero attached hydrogens (tertiary/aromatic N) is 1. The highest BCUT2D eigenvalue weighted by atomic mass is 32.1. The minimum Gasteiger partial charge on any atom is -0.329 e. The van der Waals surface area contributed by atoms with Crippen LogP contribution in [0.2, 0.25) is 0 Å². The Bertz CT molecular complexity index is 152. The van der Waals surface area contributed by atoms with Gasteiger partial charge in [0.05, 0.1) is 0 Å². The summed E-state index contributed by atoms with van der Waals surface area (Å²) in [5.41, 5.74) is 5.68. The maximum Gasteiger partial charge on any atom is 0.278 e. The van der Waals surface area contributed by atoms with Crippen LogP contribution in [0.25, 0.3) is 0 Å². The molecule has 0 spiro atoms. The van der Waals surface area contributed by atoms with Gasteiger partial charge in [-0.3, -0.25) is 4.79 Å². The van der Waals surface area contributed by atoms with Crippen LogP contribution < -0.4 is 5.73 Å². The first kappa shape index (κ1) is 11.8. The molecule has 0 aromatic heterocycles. The van der Waals surface area contributed by atoms with E-state index < -0.39 is 0 Å². The van der Waals surface area contributed by atoms with E-state index in [4.69, 9.17) is 5.73 Å². The SMILES string of the molecule is CC.CC1C(N)CCN1C(=O)S. The minimum absolute atomic E-state index is 0.135. The Kier molecular flexibility index (Phi) is 5.33. The summed E-state index contributed by atoms with van der Waals surface area (Å²) in [6, 6.07) is 0.293. The minimum atomic E-state index is -0.166. The fourth-order valence-corrected chi connectivity index (χ4v) is 1.52. The molecule has 2 N–H and O–H groups in total.